The number of hydrogen-bond acceptors (Lipinski definition) is 2. The van der Waals surface area contributed by atoms with Crippen LogP contribution in [0.15, 0.2) is 0 Å². The number of alkyl halides is 1. The van der Waals surface area contributed by atoms with Crippen molar-refractivity contribution in [2.24, 2.45) is 0 Å². The second-order valence-electron chi connectivity index (χ2n) is 2.88. The van der Waals surface area contributed by atoms with Crippen molar-refractivity contribution >= 4 is 11.8 Å². The molecule has 0 aromatic carbocycles. The molecule has 0 saturated carbocycles. The third-order valence-electron chi connectivity index (χ3n) is 1.96. The van der Waals surface area contributed by atoms with Crippen LogP contribution >= 0.6 is 11.8 Å². The van der Waals surface area contributed by atoms with Gasteiger partial charge in [0.05, 0.1) is 6.67 Å². The highest BCUT2D eigenvalue weighted by Crippen LogP contribution is 2.16. The SMILES string of the molecule is FCCCNC1CCSCC1. The van der Waals surface area contributed by atoms with E-state index in [1.54, 1.807) is 0 Å². The van der Waals surface area contributed by atoms with Crippen molar-refractivity contribution in [1.82, 2.24) is 5.32 Å². The second kappa shape index (κ2) is 5.84. The fourth-order valence-corrected chi connectivity index (χ4v) is 2.38. The second-order valence-corrected chi connectivity index (χ2v) is 4.11. The molecule has 0 aromatic rings. The Hall–Kier alpha value is 0.240. The summed E-state index contributed by atoms with van der Waals surface area (Å²) in [6.45, 7) is 0.667. The highest BCUT2D eigenvalue weighted by Gasteiger charge is 2.11. The van der Waals surface area contributed by atoms with Gasteiger partial charge in [0.25, 0.3) is 0 Å². The average Bonchev–Trinajstić information content (AvgIpc) is 2.07. The summed E-state index contributed by atoms with van der Waals surface area (Å²) in [5.74, 6) is 2.54. The number of rotatable bonds is 4. The van der Waals surface area contributed by atoms with Crippen LogP contribution in [0.3, 0.4) is 0 Å². The van der Waals surface area contributed by atoms with Crippen LogP contribution in [0, 0.1) is 0 Å². The number of hydrogen-bond donors (Lipinski definition) is 1. The van der Waals surface area contributed by atoms with E-state index in [0.717, 1.165) is 6.54 Å². The van der Waals surface area contributed by atoms with Gasteiger partial charge in [0, 0.05) is 6.04 Å². The first-order valence-electron chi connectivity index (χ1n) is 4.30. The van der Waals surface area contributed by atoms with E-state index >= 15 is 0 Å². The molecule has 0 bridgehead atoms. The van der Waals surface area contributed by atoms with E-state index in [1.807, 2.05) is 11.8 Å². The zero-order valence-electron chi connectivity index (χ0n) is 6.81. The van der Waals surface area contributed by atoms with Crippen molar-refractivity contribution in [2.75, 3.05) is 24.7 Å². The monoisotopic (exact) mass is 177 g/mol. The molecule has 0 radical (unpaired) electrons. The maximum Gasteiger partial charge on any atom is 0.0906 e. The Labute approximate surface area is 72.1 Å². The Kier molecular flexibility index (Phi) is 4.95. The molecule has 1 rings (SSSR count). The van der Waals surface area contributed by atoms with Gasteiger partial charge in [-0.05, 0) is 37.3 Å². The highest BCUT2D eigenvalue weighted by molar-refractivity contribution is 7.99. The summed E-state index contributed by atoms with van der Waals surface area (Å²) >= 11 is 2.02. The van der Waals surface area contributed by atoms with Gasteiger partial charge in [-0.3, -0.25) is 4.39 Å². The van der Waals surface area contributed by atoms with E-state index in [-0.39, 0.29) is 6.67 Å². The Bertz CT molecular complexity index is 94.1. The van der Waals surface area contributed by atoms with Gasteiger partial charge in [0.1, 0.15) is 0 Å². The molecule has 1 saturated heterocycles. The van der Waals surface area contributed by atoms with E-state index in [2.05, 4.69) is 5.32 Å². The molecular formula is C8H16FNS. The van der Waals surface area contributed by atoms with Gasteiger partial charge in [-0.2, -0.15) is 11.8 Å². The van der Waals surface area contributed by atoms with Crippen LogP contribution in [0.4, 0.5) is 4.39 Å². The minimum atomic E-state index is -0.186. The van der Waals surface area contributed by atoms with Gasteiger partial charge in [-0.1, -0.05) is 0 Å². The Morgan fingerprint density at radius 1 is 1.36 bits per heavy atom. The van der Waals surface area contributed by atoms with Gasteiger partial charge in [-0.25, -0.2) is 0 Å². The fourth-order valence-electron chi connectivity index (χ4n) is 1.27. The molecule has 1 aliphatic rings. The maximum absolute atomic E-state index is 11.7. The van der Waals surface area contributed by atoms with Gasteiger partial charge < -0.3 is 5.32 Å². The molecular weight excluding hydrogens is 161 g/mol. The largest absolute Gasteiger partial charge is 0.314 e. The summed E-state index contributed by atoms with van der Waals surface area (Å²) in [7, 11) is 0. The predicted octanol–water partition coefficient (Wildman–Crippen LogP) is 1.83. The number of thioether (sulfide) groups is 1. The van der Waals surface area contributed by atoms with Crippen LogP contribution in [-0.4, -0.2) is 30.8 Å². The van der Waals surface area contributed by atoms with Gasteiger partial charge in [0.2, 0.25) is 0 Å². The van der Waals surface area contributed by atoms with E-state index in [4.69, 9.17) is 0 Å². The summed E-state index contributed by atoms with van der Waals surface area (Å²) in [6, 6.07) is 0.669. The smallest absolute Gasteiger partial charge is 0.0906 e. The van der Waals surface area contributed by atoms with E-state index in [1.165, 1.54) is 24.3 Å². The Morgan fingerprint density at radius 2 is 2.09 bits per heavy atom. The first-order valence-corrected chi connectivity index (χ1v) is 5.46. The van der Waals surface area contributed by atoms with Crippen LogP contribution in [-0.2, 0) is 0 Å². The molecule has 0 spiro atoms. The van der Waals surface area contributed by atoms with Crippen molar-refractivity contribution in [3.05, 3.63) is 0 Å². The molecule has 1 aliphatic heterocycles. The molecule has 1 N–H and O–H groups in total. The molecule has 1 heterocycles. The van der Waals surface area contributed by atoms with Crippen LogP contribution in [0.25, 0.3) is 0 Å². The first kappa shape index (κ1) is 9.33. The van der Waals surface area contributed by atoms with E-state index < -0.39 is 0 Å². The van der Waals surface area contributed by atoms with Gasteiger partial charge in [-0.15, -0.1) is 0 Å². The highest BCUT2D eigenvalue weighted by atomic mass is 32.2. The van der Waals surface area contributed by atoms with Crippen molar-refractivity contribution in [3.63, 3.8) is 0 Å². The molecule has 0 aliphatic carbocycles. The third-order valence-corrected chi connectivity index (χ3v) is 3.01. The quantitative estimate of drug-likeness (QED) is 0.657. The van der Waals surface area contributed by atoms with Crippen molar-refractivity contribution < 1.29 is 4.39 Å². The Morgan fingerprint density at radius 3 is 2.73 bits per heavy atom. The lowest BCUT2D eigenvalue weighted by Crippen LogP contribution is -2.33. The zero-order valence-corrected chi connectivity index (χ0v) is 7.63. The van der Waals surface area contributed by atoms with E-state index in [9.17, 15) is 4.39 Å². The standard InChI is InChI=1S/C8H16FNS/c9-4-1-5-10-8-2-6-11-7-3-8/h8,10H,1-7H2. The minimum absolute atomic E-state index is 0.186. The molecule has 3 heteroatoms. The molecule has 1 fully saturated rings. The van der Waals surface area contributed by atoms with Crippen LogP contribution in [0.5, 0.6) is 0 Å². The lowest BCUT2D eigenvalue weighted by atomic mass is 10.1. The van der Waals surface area contributed by atoms with Crippen molar-refractivity contribution in [1.29, 1.82) is 0 Å². The van der Waals surface area contributed by atoms with Crippen LogP contribution < -0.4 is 5.32 Å². The summed E-state index contributed by atoms with van der Waals surface area (Å²) in [4.78, 5) is 0. The average molecular weight is 177 g/mol. The third kappa shape index (κ3) is 3.97. The summed E-state index contributed by atoms with van der Waals surface area (Å²) in [5, 5.41) is 3.37. The molecule has 11 heavy (non-hydrogen) atoms. The topological polar surface area (TPSA) is 12.0 Å². The molecule has 0 amide bonds. The van der Waals surface area contributed by atoms with Crippen LogP contribution in [0.1, 0.15) is 19.3 Å². The number of halogens is 1. The van der Waals surface area contributed by atoms with Crippen molar-refractivity contribution in [3.8, 4) is 0 Å². The first-order chi connectivity index (χ1) is 5.43. The predicted molar refractivity (Wildman–Crippen MR) is 48.9 cm³/mol. The molecule has 66 valence electrons. The molecule has 0 aromatic heterocycles. The minimum Gasteiger partial charge on any atom is -0.314 e. The molecule has 0 unspecified atom stereocenters. The lowest BCUT2D eigenvalue weighted by molar-refractivity contribution is 0.424. The van der Waals surface area contributed by atoms with Crippen molar-refractivity contribution in [2.45, 2.75) is 25.3 Å². The van der Waals surface area contributed by atoms with Gasteiger partial charge in [0.15, 0.2) is 0 Å². The zero-order chi connectivity index (χ0) is 7.94. The van der Waals surface area contributed by atoms with Crippen LogP contribution in [0.2, 0.25) is 0 Å². The number of nitrogens with one attached hydrogen (secondary N) is 1. The fraction of sp³-hybridized carbons (Fsp3) is 1.00. The Balaban J connectivity index is 1.96. The maximum atomic E-state index is 11.7. The summed E-state index contributed by atoms with van der Waals surface area (Å²) in [6.07, 6.45) is 3.19. The normalized spacial score (nSPS) is 20.5. The summed E-state index contributed by atoms with van der Waals surface area (Å²) in [5.41, 5.74) is 0. The lowest BCUT2D eigenvalue weighted by Gasteiger charge is -2.22. The molecule has 0 atom stereocenters. The van der Waals surface area contributed by atoms with Gasteiger partial charge >= 0.3 is 0 Å². The molecule has 1 nitrogen and oxygen atoms in total. The summed E-state index contributed by atoms with van der Waals surface area (Å²) < 4.78 is 11.7. The van der Waals surface area contributed by atoms with E-state index in [0.29, 0.717) is 12.5 Å².